The summed E-state index contributed by atoms with van der Waals surface area (Å²) in [6.07, 6.45) is 5.75. The highest BCUT2D eigenvalue weighted by molar-refractivity contribution is 6.40. The molecule has 0 fully saturated rings. The van der Waals surface area contributed by atoms with Crippen molar-refractivity contribution in [1.29, 1.82) is 0 Å². The zero-order chi connectivity index (χ0) is 14.3. The molecule has 19 heavy (non-hydrogen) atoms. The quantitative estimate of drug-likeness (QED) is 0.354. The highest BCUT2D eigenvalue weighted by Gasteiger charge is 2.13. The molecule has 0 aliphatic carbocycles. The third-order valence-electron chi connectivity index (χ3n) is 2.66. The minimum atomic E-state index is -0.317. The molecule has 0 unspecified atom stereocenters. The first kappa shape index (κ1) is 16.6. The van der Waals surface area contributed by atoms with E-state index in [9.17, 15) is 4.79 Å². The molecule has 0 aliphatic heterocycles. The summed E-state index contributed by atoms with van der Waals surface area (Å²) in [4.78, 5) is 11.7. The Morgan fingerprint density at radius 2 is 1.63 bits per heavy atom. The van der Waals surface area contributed by atoms with Crippen molar-refractivity contribution in [3.05, 3.63) is 27.2 Å². The highest BCUT2D eigenvalue weighted by atomic mass is 35.5. The first-order valence-electron chi connectivity index (χ1n) is 6.39. The normalized spacial score (nSPS) is 10.5. The van der Waals surface area contributed by atoms with Crippen LogP contribution in [0.1, 0.15) is 45.4 Å². The molecule has 0 atom stereocenters. The molecule has 0 radical (unpaired) electrons. The molecule has 0 heterocycles. The van der Waals surface area contributed by atoms with Gasteiger partial charge in [-0.15, -0.1) is 0 Å². The second-order valence-corrected chi connectivity index (χ2v) is 5.59. The van der Waals surface area contributed by atoms with E-state index in [0.717, 1.165) is 19.3 Å². The average molecular weight is 324 g/mol. The van der Waals surface area contributed by atoms with Crippen LogP contribution in [-0.2, 0) is 4.79 Å². The zero-order valence-corrected chi connectivity index (χ0v) is 13.1. The number of hydrogen-bond acceptors (Lipinski definition) is 2. The van der Waals surface area contributed by atoms with Crippen LogP contribution in [0.15, 0.2) is 12.1 Å². The molecule has 0 aliphatic rings. The van der Waals surface area contributed by atoms with Crippen molar-refractivity contribution in [3.63, 3.8) is 0 Å². The van der Waals surface area contributed by atoms with Crippen molar-refractivity contribution in [1.82, 2.24) is 0 Å². The van der Waals surface area contributed by atoms with Crippen LogP contribution in [0.5, 0.6) is 5.75 Å². The Balaban J connectivity index is 2.44. The van der Waals surface area contributed by atoms with Gasteiger partial charge in [-0.3, -0.25) is 4.79 Å². The SMILES string of the molecule is CCCCCCCC(=O)Oc1c(Cl)cc(Cl)cc1Cl. The minimum absolute atomic E-state index is 0.186. The summed E-state index contributed by atoms with van der Waals surface area (Å²) >= 11 is 17.7. The fourth-order valence-corrected chi connectivity index (χ4v) is 2.56. The summed E-state index contributed by atoms with van der Waals surface area (Å²) in [5.74, 6) is -0.131. The molecule has 0 spiro atoms. The lowest BCUT2D eigenvalue weighted by Gasteiger charge is -2.08. The van der Waals surface area contributed by atoms with Crippen LogP contribution >= 0.6 is 34.8 Å². The first-order valence-corrected chi connectivity index (χ1v) is 7.53. The number of benzene rings is 1. The third kappa shape index (κ3) is 6.03. The number of rotatable bonds is 7. The van der Waals surface area contributed by atoms with Gasteiger partial charge in [0, 0.05) is 11.4 Å². The number of unbranched alkanes of at least 4 members (excludes halogenated alkanes) is 4. The van der Waals surface area contributed by atoms with Crippen LogP contribution in [0, 0.1) is 0 Å². The number of carbonyl (C=O) groups is 1. The lowest BCUT2D eigenvalue weighted by molar-refractivity contribution is -0.134. The molecule has 0 aromatic heterocycles. The summed E-state index contributed by atoms with van der Waals surface area (Å²) in [7, 11) is 0. The summed E-state index contributed by atoms with van der Waals surface area (Å²) in [5.41, 5.74) is 0. The Hall–Kier alpha value is -0.440. The fourth-order valence-electron chi connectivity index (χ4n) is 1.66. The van der Waals surface area contributed by atoms with E-state index in [1.165, 1.54) is 25.0 Å². The smallest absolute Gasteiger partial charge is 0.311 e. The van der Waals surface area contributed by atoms with E-state index in [0.29, 0.717) is 11.4 Å². The van der Waals surface area contributed by atoms with Gasteiger partial charge >= 0.3 is 5.97 Å². The predicted molar refractivity (Wildman–Crippen MR) is 80.5 cm³/mol. The van der Waals surface area contributed by atoms with Gasteiger partial charge in [-0.25, -0.2) is 0 Å². The van der Waals surface area contributed by atoms with Crippen LogP contribution in [0.4, 0.5) is 0 Å². The lowest BCUT2D eigenvalue weighted by Crippen LogP contribution is -2.08. The predicted octanol–water partition coefficient (Wildman–Crippen LogP) is 5.91. The summed E-state index contributed by atoms with van der Waals surface area (Å²) in [6, 6.07) is 3.00. The highest BCUT2D eigenvalue weighted by Crippen LogP contribution is 2.36. The largest absolute Gasteiger partial charge is 0.423 e. The van der Waals surface area contributed by atoms with Gasteiger partial charge in [-0.1, -0.05) is 67.4 Å². The molecule has 0 bridgehead atoms. The molecule has 0 N–H and O–H groups in total. The standard InChI is InChI=1S/C14H17Cl3O2/c1-2-3-4-5-6-7-13(18)19-14-11(16)8-10(15)9-12(14)17/h8-9H,2-7H2,1H3. The number of esters is 1. The van der Waals surface area contributed by atoms with E-state index in [4.69, 9.17) is 39.5 Å². The van der Waals surface area contributed by atoms with E-state index in [2.05, 4.69) is 6.92 Å². The molecule has 0 saturated carbocycles. The van der Waals surface area contributed by atoms with Crippen molar-refractivity contribution in [2.45, 2.75) is 45.4 Å². The van der Waals surface area contributed by atoms with Gasteiger partial charge < -0.3 is 4.74 Å². The maximum Gasteiger partial charge on any atom is 0.311 e. The summed E-state index contributed by atoms with van der Waals surface area (Å²) < 4.78 is 5.18. The summed E-state index contributed by atoms with van der Waals surface area (Å²) in [5, 5.41) is 0.906. The molecule has 1 aromatic carbocycles. The Kier molecular flexibility index (Phi) is 7.59. The van der Waals surface area contributed by atoms with Crippen LogP contribution in [0.25, 0.3) is 0 Å². The molecule has 1 rings (SSSR count). The second-order valence-electron chi connectivity index (χ2n) is 4.34. The molecular weight excluding hydrogens is 307 g/mol. The van der Waals surface area contributed by atoms with Crippen molar-refractivity contribution < 1.29 is 9.53 Å². The lowest BCUT2D eigenvalue weighted by atomic mass is 10.1. The first-order chi connectivity index (χ1) is 9.04. The molecule has 0 amide bonds. The topological polar surface area (TPSA) is 26.3 Å². The van der Waals surface area contributed by atoms with Crippen molar-refractivity contribution >= 4 is 40.8 Å². The number of hydrogen-bond donors (Lipinski definition) is 0. The van der Waals surface area contributed by atoms with Crippen LogP contribution in [0.3, 0.4) is 0 Å². The minimum Gasteiger partial charge on any atom is -0.423 e. The van der Waals surface area contributed by atoms with E-state index in [-0.39, 0.29) is 21.8 Å². The van der Waals surface area contributed by atoms with Gasteiger partial charge in [-0.2, -0.15) is 0 Å². The molecule has 1 aromatic rings. The zero-order valence-electron chi connectivity index (χ0n) is 10.8. The van der Waals surface area contributed by atoms with Gasteiger partial charge in [0.05, 0.1) is 10.0 Å². The molecule has 106 valence electrons. The van der Waals surface area contributed by atoms with E-state index in [1.807, 2.05) is 0 Å². The van der Waals surface area contributed by atoms with Crippen molar-refractivity contribution in [2.75, 3.05) is 0 Å². The molecular formula is C14H17Cl3O2. The Labute approximate surface area is 129 Å². The monoisotopic (exact) mass is 322 g/mol. The molecule has 0 saturated heterocycles. The van der Waals surface area contributed by atoms with Gasteiger partial charge in [0.2, 0.25) is 0 Å². The summed E-state index contributed by atoms with van der Waals surface area (Å²) in [6.45, 7) is 2.15. The van der Waals surface area contributed by atoms with Crippen molar-refractivity contribution in [2.24, 2.45) is 0 Å². The Morgan fingerprint density at radius 3 is 2.21 bits per heavy atom. The number of ether oxygens (including phenoxy) is 1. The van der Waals surface area contributed by atoms with E-state index in [1.54, 1.807) is 0 Å². The molecule has 2 nitrogen and oxygen atoms in total. The van der Waals surface area contributed by atoms with Crippen LogP contribution in [0.2, 0.25) is 15.1 Å². The Bertz CT molecular complexity index is 410. The molecule has 5 heteroatoms. The number of halogens is 3. The second kappa shape index (κ2) is 8.68. The van der Waals surface area contributed by atoms with Gasteiger partial charge in [-0.05, 0) is 18.6 Å². The number of carbonyl (C=O) groups excluding carboxylic acids is 1. The van der Waals surface area contributed by atoms with Crippen LogP contribution < -0.4 is 4.74 Å². The van der Waals surface area contributed by atoms with Crippen molar-refractivity contribution in [3.8, 4) is 5.75 Å². The van der Waals surface area contributed by atoms with Gasteiger partial charge in [0.1, 0.15) is 0 Å². The average Bonchev–Trinajstić information content (AvgIpc) is 2.33. The van der Waals surface area contributed by atoms with E-state index >= 15 is 0 Å². The Morgan fingerprint density at radius 1 is 1.05 bits per heavy atom. The fraction of sp³-hybridized carbons (Fsp3) is 0.500. The maximum absolute atomic E-state index is 11.7. The van der Waals surface area contributed by atoms with Gasteiger partial charge in [0.25, 0.3) is 0 Å². The van der Waals surface area contributed by atoms with Gasteiger partial charge in [0.15, 0.2) is 5.75 Å². The third-order valence-corrected chi connectivity index (χ3v) is 3.44. The van der Waals surface area contributed by atoms with Crippen LogP contribution in [-0.4, -0.2) is 5.97 Å². The van der Waals surface area contributed by atoms with E-state index < -0.39 is 0 Å². The maximum atomic E-state index is 11.7.